The molecule has 8 heteroatoms. The van der Waals surface area contributed by atoms with E-state index in [0.29, 0.717) is 4.47 Å². The Bertz CT molecular complexity index is 671. The molecule has 0 heterocycles. The van der Waals surface area contributed by atoms with Gasteiger partial charge < -0.3 is 9.64 Å². The largest absolute Gasteiger partial charge is 0.494 e. The van der Waals surface area contributed by atoms with Crippen LogP contribution < -0.4 is 9.88 Å². The smallest absolute Gasteiger partial charge is 0.253 e. The zero-order chi connectivity index (χ0) is 15.8. The average molecular weight is 377 g/mol. The van der Waals surface area contributed by atoms with Crippen molar-refractivity contribution in [3.05, 3.63) is 22.2 Å². The van der Waals surface area contributed by atoms with Gasteiger partial charge in [-0.15, -0.1) is 0 Å². The summed E-state index contributed by atoms with van der Waals surface area (Å²) in [5.74, 6) is -0.131. The lowest BCUT2D eigenvalue weighted by atomic mass is 9.91. The maximum absolute atomic E-state index is 12.4. The quantitative estimate of drug-likeness (QED) is 0.866. The summed E-state index contributed by atoms with van der Waals surface area (Å²) in [6.07, 6.45) is 3.06. The van der Waals surface area contributed by atoms with E-state index in [1.807, 2.05) is 0 Å². The summed E-state index contributed by atoms with van der Waals surface area (Å²) in [7, 11) is -0.920. The molecule has 1 aromatic rings. The van der Waals surface area contributed by atoms with Gasteiger partial charge in [-0.3, -0.25) is 4.79 Å². The van der Waals surface area contributed by atoms with Crippen molar-refractivity contribution in [1.82, 2.24) is 4.90 Å². The second kappa shape index (κ2) is 5.94. The molecule has 1 aliphatic carbocycles. The molecule has 1 saturated carbocycles. The van der Waals surface area contributed by atoms with Crippen LogP contribution in [0.25, 0.3) is 0 Å². The zero-order valence-corrected chi connectivity index (χ0v) is 14.2. The van der Waals surface area contributed by atoms with Crippen LogP contribution >= 0.6 is 15.9 Å². The van der Waals surface area contributed by atoms with Gasteiger partial charge in [-0.25, -0.2) is 13.6 Å². The molecule has 0 saturated heterocycles. The Hall–Kier alpha value is -1.12. The lowest BCUT2D eigenvalue weighted by molar-refractivity contribution is 0.0651. The number of carbonyl (C=O) groups excluding carboxylic acids is 1. The number of sulfonamides is 1. The number of carbonyl (C=O) groups is 1. The number of hydrogen-bond donors (Lipinski definition) is 1. The van der Waals surface area contributed by atoms with Gasteiger partial charge in [0.15, 0.2) is 5.75 Å². The minimum atomic E-state index is -3.99. The van der Waals surface area contributed by atoms with E-state index < -0.39 is 10.0 Å². The second-order valence-corrected chi connectivity index (χ2v) is 7.42. The number of halogens is 1. The highest BCUT2D eigenvalue weighted by Crippen LogP contribution is 2.34. The number of primary sulfonamides is 1. The van der Waals surface area contributed by atoms with Gasteiger partial charge in [-0.05, 0) is 47.3 Å². The maximum atomic E-state index is 12.4. The van der Waals surface area contributed by atoms with Gasteiger partial charge in [0.25, 0.3) is 5.91 Å². The van der Waals surface area contributed by atoms with Gasteiger partial charge in [0.05, 0.1) is 11.6 Å². The van der Waals surface area contributed by atoms with Crippen LogP contribution in [0.5, 0.6) is 5.75 Å². The van der Waals surface area contributed by atoms with Crippen molar-refractivity contribution in [1.29, 1.82) is 0 Å². The first-order valence-electron chi connectivity index (χ1n) is 6.43. The van der Waals surface area contributed by atoms with Crippen LogP contribution in [0.2, 0.25) is 0 Å². The number of methoxy groups -OCH3 is 1. The third-order valence-electron chi connectivity index (χ3n) is 3.71. The van der Waals surface area contributed by atoms with Gasteiger partial charge >= 0.3 is 0 Å². The molecule has 1 fully saturated rings. The summed E-state index contributed by atoms with van der Waals surface area (Å²) < 4.78 is 28.7. The van der Waals surface area contributed by atoms with Gasteiger partial charge in [-0.1, -0.05) is 0 Å². The van der Waals surface area contributed by atoms with Crippen molar-refractivity contribution < 1.29 is 17.9 Å². The van der Waals surface area contributed by atoms with E-state index in [1.54, 1.807) is 18.0 Å². The van der Waals surface area contributed by atoms with Crippen molar-refractivity contribution in [2.24, 2.45) is 5.14 Å². The van der Waals surface area contributed by atoms with E-state index in [4.69, 9.17) is 9.88 Å². The van der Waals surface area contributed by atoms with Gasteiger partial charge in [-0.2, -0.15) is 0 Å². The normalized spacial score (nSPS) is 15.4. The van der Waals surface area contributed by atoms with Crippen LogP contribution in [0.4, 0.5) is 0 Å². The highest BCUT2D eigenvalue weighted by molar-refractivity contribution is 9.10. The van der Waals surface area contributed by atoms with Crippen molar-refractivity contribution >= 4 is 31.9 Å². The molecule has 1 aromatic carbocycles. The first kappa shape index (κ1) is 16.3. The molecular weight excluding hydrogens is 360 g/mol. The molecule has 0 atom stereocenters. The number of ether oxygens (including phenoxy) is 1. The van der Waals surface area contributed by atoms with Crippen LogP contribution in [-0.4, -0.2) is 39.4 Å². The van der Waals surface area contributed by atoms with E-state index in [0.717, 1.165) is 19.3 Å². The molecular formula is C13H17BrN2O4S. The molecule has 0 aliphatic heterocycles. The van der Waals surface area contributed by atoms with E-state index in [2.05, 4.69) is 15.9 Å². The Labute approximate surface area is 132 Å². The average Bonchev–Trinajstić information content (AvgIpc) is 2.33. The minimum Gasteiger partial charge on any atom is -0.494 e. The predicted octanol–water partition coefficient (Wildman–Crippen LogP) is 1.73. The molecule has 0 radical (unpaired) electrons. The molecule has 21 heavy (non-hydrogen) atoms. The number of nitrogens with zero attached hydrogens (tertiary/aromatic N) is 1. The van der Waals surface area contributed by atoms with Crippen molar-refractivity contribution in [2.45, 2.75) is 30.2 Å². The van der Waals surface area contributed by atoms with Gasteiger partial charge in [0, 0.05) is 18.7 Å². The Morgan fingerprint density at radius 3 is 2.48 bits per heavy atom. The number of hydrogen-bond acceptors (Lipinski definition) is 4. The molecule has 0 unspecified atom stereocenters. The van der Waals surface area contributed by atoms with E-state index >= 15 is 0 Å². The van der Waals surface area contributed by atoms with Crippen molar-refractivity contribution in [3.8, 4) is 5.75 Å². The fraction of sp³-hybridized carbons (Fsp3) is 0.462. The Morgan fingerprint density at radius 1 is 1.43 bits per heavy atom. The fourth-order valence-corrected chi connectivity index (χ4v) is 3.74. The molecule has 116 valence electrons. The lowest BCUT2D eigenvalue weighted by Crippen LogP contribution is -2.41. The third-order valence-corrected chi connectivity index (χ3v) is 5.22. The lowest BCUT2D eigenvalue weighted by Gasteiger charge is -2.34. The molecule has 0 aromatic heterocycles. The molecule has 2 rings (SSSR count). The predicted molar refractivity (Wildman–Crippen MR) is 81.8 cm³/mol. The third kappa shape index (κ3) is 3.22. The van der Waals surface area contributed by atoms with E-state index in [9.17, 15) is 13.2 Å². The Balaban J connectivity index is 2.45. The second-order valence-electron chi connectivity index (χ2n) is 5.04. The molecule has 1 amide bonds. The Kier molecular flexibility index (Phi) is 4.60. The van der Waals surface area contributed by atoms with Gasteiger partial charge in [0.2, 0.25) is 10.0 Å². The summed E-state index contributed by atoms with van der Waals surface area (Å²) in [6.45, 7) is 0. The number of rotatable bonds is 4. The highest BCUT2D eigenvalue weighted by atomic mass is 79.9. The molecule has 6 nitrogen and oxygen atoms in total. The van der Waals surface area contributed by atoms with E-state index in [-0.39, 0.29) is 28.2 Å². The summed E-state index contributed by atoms with van der Waals surface area (Å²) in [5.41, 5.74) is 0.265. The molecule has 0 bridgehead atoms. The first-order valence-corrected chi connectivity index (χ1v) is 8.77. The summed E-state index contributed by atoms with van der Waals surface area (Å²) in [4.78, 5) is 13.9. The van der Waals surface area contributed by atoms with Crippen molar-refractivity contribution in [3.63, 3.8) is 0 Å². The monoisotopic (exact) mass is 376 g/mol. The number of amides is 1. The van der Waals surface area contributed by atoms with Crippen LogP contribution in [0.3, 0.4) is 0 Å². The zero-order valence-electron chi connectivity index (χ0n) is 11.8. The van der Waals surface area contributed by atoms with Crippen LogP contribution in [-0.2, 0) is 10.0 Å². The van der Waals surface area contributed by atoms with Crippen LogP contribution in [0, 0.1) is 0 Å². The summed E-state index contributed by atoms with van der Waals surface area (Å²) >= 11 is 3.22. The van der Waals surface area contributed by atoms with Crippen LogP contribution in [0.1, 0.15) is 29.6 Å². The van der Waals surface area contributed by atoms with Gasteiger partial charge in [0.1, 0.15) is 4.90 Å². The SMILES string of the molecule is COc1c(Br)cc(C(=O)N(C)C2CCC2)cc1S(N)(=O)=O. The molecule has 2 N–H and O–H groups in total. The minimum absolute atomic E-state index is 0.0975. The maximum Gasteiger partial charge on any atom is 0.253 e. The Morgan fingerprint density at radius 2 is 2.05 bits per heavy atom. The molecule has 1 aliphatic rings. The number of benzene rings is 1. The number of nitrogens with two attached hydrogens (primary N) is 1. The standard InChI is InChI=1S/C13H17BrN2O4S/c1-16(9-4-3-5-9)13(17)8-6-10(14)12(20-2)11(7-8)21(15,18)19/h6-7,9H,3-5H2,1-2H3,(H2,15,18,19). The van der Waals surface area contributed by atoms with Crippen LogP contribution in [0.15, 0.2) is 21.5 Å². The first-order chi connectivity index (χ1) is 9.75. The summed E-state index contributed by atoms with van der Waals surface area (Å²) in [6, 6.07) is 3.03. The topological polar surface area (TPSA) is 89.7 Å². The van der Waals surface area contributed by atoms with Crippen molar-refractivity contribution in [2.75, 3.05) is 14.2 Å². The highest BCUT2D eigenvalue weighted by Gasteiger charge is 2.28. The molecule has 0 spiro atoms. The summed E-state index contributed by atoms with van der Waals surface area (Å²) in [5, 5.41) is 5.19. The fourth-order valence-electron chi connectivity index (χ4n) is 2.24. The van der Waals surface area contributed by atoms with E-state index in [1.165, 1.54) is 13.2 Å².